The van der Waals surface area contributed by atoms with E-state index in [-0.39, 0.29) is 15.7 Å². The van der Waals surface area contributed by atoms with Gasteiger partial charge in [0, 0.05) is 12.4 Å². The summed E-state index contributed by atoms with van der Waals surface area (Å²) in [5, 5.41) is 2.92. The van der Waals surface area contributed by atoms with Gasteiger partial charge in [-0.1, -0.05) is 12.1 Å². The molecule has 80 valence electrons. The number of hydrogen-bond donors (Lipinski definition) is 1. The standard InChI is InChI=1S/C10H7N3O2S/c14-16(15)8-4-2-1-3-7(8)13-9-10(16)12-6-5-11-9/h1-6H,(H,11,13). The summed E-state index contributed by atoms with van der Waals surface area (Å²) in [7, 11) is -3.54. The lowest BCUT2D eigenvalue weighted by molar-refractivity contribution is 0.591. The minimum Gasteiger partial charge on any atom is -0.337 e. The molecule has 0 amide bonds. The van der Waals surface area contributed by atoms with E-state index in [0.29, 0.717) is 5.69 Å². The number of rotatable bonds is 0. The number of anilines is 2. The van der Waals surface area contributed by atoms with Crippen molar-refractivity contribution in [3.63, 3.8) is 0 Å². The highest BCUT2D eigenvalue weighted by Crippen LogP contribution is 2.36. The fourth-order valence-electron chi connectivity index (χ4n) is 1.64. The number of para-hydroxylation sites is 1. The Balaban J connectivity index is 2.37. The van der Waals surface area contributed by atoms with Crippen molar-refractivity contribution in [2.45, 2.75) is 9.92 Å². The first-order valence-electron chi connectivity index (χ1n) is 4.62. The number of sulfone groups is 1. The van der Waals surface area contributed by atoms with Gasteiger partial charge in [0.05, 0.1) is 10.6 Å². The van der Waals surface area contributed by atoms with Crippen molar-refractivity contribution in [1.82, 2.24) is 9.97 Å². The van der Waals surface area contributed by atoms with Crippen LogP contribution in [0.3, 0.4) is 0 Å². The first-order chi connectivity index (χ1) is 7.69. The van der Waals surface area contributed by atoms with Crippen molar-refractivity contribution in [1.29, 1.82) is 0 Å². The highest BCUT2D eigenvalue weighted by Gasteiger charge is 2.31. The summed E-state index contributed by atoms with van der Waals surface area (Å²) in [4.78, 5) is 8.06. The van der Waals surface area contributed by atoms with Crippen molar-refractivity contribution < 1.29 is 8.42 Å². The zero-order valence-electron chi connectivity index (χ0n) is 8.08. The second-order valence-corrected chi connectivity index (χ2v) is 5.17. The summed E-state index contributed by atoms with van der Waals surface area (Å²) in [6, 6.07) is 6.70. The van der Waals surface area contributed by atoms with Crippen LogP contribution in [-0.2, 0) is 9.84 Å². The third kappa shape index (κ3) is 1.13. The van der Waals surface area contributed by atoms with Crippen molar-refractivity contribution in [2.24, 2.45) is 0 Å². The van der Waals surface area contributed by atoms with Crippen LogP contribution >= 0.6 is 0 Å². The average Bonchev–Trinajstić information content (AvgIpc) is 2.29. The van der Waals surface area contributed by atoms with E-state index in [2.05, 4.69) is 15.3 Å². The number of nitrogens with one attached hydrogen (secondary N) is 1. The van der Waals surface area contributed by atoms with E-state index in [9.17, 15) is 8.42 Å². The monoisotopic (exact) mass is 233 g/mol. The van der Waals surface area contributed by atoms with Crippen LogP contribution in [0.25, 0.3) is 0 Å². The van der Waals surface area contributed by atoms with E-state index in [1.165, 1.54) is 12.4 Å². The lowest BCUT2D eigenvalue weighted by Gasteiger charge is -2.18. The van der Waals surface area contributed by atoms with E-state index < -0.39 is 9.84 Å². The zero-order valence-corrected chi connectivity index (χ0v) is 8.90. The molecule has 0 radical (unpaired) electrons. The van der Waals surface area contributed by atoms with Gasteiger partial charge in [0.25, 0.3) is 0 Å². The molecule has 2 aromatic rings. The predicted molar refractivity (Wildman–Crippen MR) is 57.2 cm³/mol. The Kier molecular flexibility index (Phi) is 1.75. The fourth-order valence-corrected chi connectivity index (χ4v) is 3.08. The number of fused-ring (bicyclic) bond motifs is 2. The average molecular weight is 233 g/mol. The van der Waals surface area contributed by atoms with E-state index in [1.54, 1.807) is 24.3 Å². The molecular weight excluding hydrogens is 226 g/mol. The molecule has 6 heteroatoms. The van der Waals surface area contributed by atoms with E-state index >= 15 is 0 Å². The Morgan fingerprint density at radius 2 is 1.81 bits per heavy atom. The molecule has 1 aromatic heterocycles. The largest absolute Gasteiger partial charge is 0.337 e. The van der Waals surface area contributed by atoms with Crippen molar-refractivity contribution >= 4 is 21.3 Å². The molecule has 1 aromatic carbocycles. The van der Waals surface area contributed by atoms with Crippen LogP contribution in [-0.4, -0.2) is 18.4 Å². The SMILES string of the molecule is O=S1(=O)c2ccccc2Nc2nccnc21. The van der Waals surface area contributed by atoms with Crippen LogP contribution in [0.2, 0.25) is 0 Å². The number of benzene rings is 1. The quantitative estimate of drug-likeness (QED) is 0.634. The molecule has 0 fully saturated rings. The van der Waals surface area contributed by atoms with Gasteiger partial charge < -0.3 is 5.32 Å². The molecule has 0 atom stereocenters. The van der Waals surface area contributed by atoms with Crippen LogP contribution in [0.4, 0.5) is 11.5 Å². The minimum atomic E-state index is -3.54. The van der Waals surface area contributed by atoms with Gasteiger partial charge in [-0.15, -0.1) is 0 Å². The normalized spacial score (nSPS) is 15.8. The van der Waals surface area contributed by atoms with E-state index in [1.807, 2.05) is 0 Å². The van der Waals surface area contributed by atoms with Gasteiger partial charge in [-0.3, -0.25) is 0 Å². The fraction of sp³-hybridized carbons (Fsp3) is 0. The maximum Gasteiger partial charge on any atom is 0.229 e. The summed E-state index contributed by atoms with van der Waals surface area (Å²) in [5.74, 6) is 0.279. The smallest absolute Gasteiger partial charge is 0.229 e. The van der Waals surface area contributed by atoms with Crippen LogP contribution in [0.1, 0.15) is 0 Å². The molecule has 2 heterocycles. The highest BCUT2D eigenvalue weighted by atomic mass is 32.2. The Labute approximate surface area is 92.1 Å². The second kappa shape index (κ2) is 3.02. The van der Waals surface area contributed by atoms with Crippen molar-refractivity contribution in [3.8, 4) is 0 Å². The van der Waals surface area contributed by atoms with Crippen LogP contribution < -0.4 is 5.32 Å². The summed E-state index contributed by atoms with van der Waals surface area (Å²) in [6.07, 6.45) is 2.82. The van der Waals surface area contributed by atoms with Crippen molar-refractivity contribution in [3.05, 3.63) is 36.7 Å². The summed E-state index contributed by atoms with van der Waals surface area (Å²) in [5.41, 5.74) is 0.538. The molecule has 0 bridgehead atoms. The number of hydrogen-bond acceptors (Lipinski definition) is 5. The number of nitrogens with zero attached hydrogens (tertiary/aromatic N) is 2. The van der Waals surface area contributed by atoms with Crippen LogP contribution in [0.5, 0.6) is 0 Å². The third-order valence-electron chi connectivity index (χ3n) is 2.35. The van der Waals surface area contributed by atoms with Gasteiger partial charge in [-0.25, -0.2) is 18.4 Å². The second-order valence-electron chi connectivity index (χ2n) is 3.33. The molecule has 5 nitrogen and oxygen atoms in total. The Bertz CT molecular complexity index is 616. The maximum atomic E-state index is 12.2. The molecular formula is C10H7N3O2S. The van der Waals surface area contributed by atoms with Crippen molar-refractivity contribution in [2.75, 3.05) is 5.32 Å². The zero-order chi connectivity index (χ0) is 11.2. The Morgan fingerprint density at radius 1 is 1.06 bits per heavy atom. The number of aromatic nitrogens is 2. The molecule has 1 aliphatic heterocycles. The highest BCUT2D eigenvalue weighted by molar-refractivity contribution is 7.91. The molecule has 0 saturated heterocycles. The molecule has 3 rings (SSSR count). The Morgan fingerprint density at radius 3 is 2.69 bits per heavy atom. The third-order valence-corrected chi connectivity index (χ3v) is 4.09. The minimum absolute atomic E-state index is 0.0197. The molecule has 0 unspecified atom stereocenters. The molecule has 0 spiro atoms. The molecule has 16 heavy (non-hydrogen) atoms. The first kappa shape index (κ1) is 9.29. The molecule has 1 N–H and O–H groups in total. The topological polar surface area (TPSA) is 72.0 Å². The van der Waals surface area contributed by atoms with Gasteiger partial charge in [0.2, 0.25) is 14.9 Å². The lowest BCUT2D eigenvalue weighted by Crippen LogP contribution is -2.16. The maximum absolute atomic E-state index is 12.2. The molecule has 0 saturated carbocycles. The first-order valence-corrected chi connectivity index (χ1v) is 6.10. The summed E-state index contributed by atoms with van der Waals surface area (Å²) < 4.78 is 24.3. The molecule has 0 aliphatic carbocycles. The summed E-state index contributed by atoms with van der Waals surface area (Å²) in [6.45, 7) is 0. The van der Waals surface area contributed by atoms with Gasteiger partial charge in [-0.2, -0.15) is 0 Å². The van der Waals surface area contributed by atoms with Gasteiger partial charge >= 0.3 is 0 Å². The van der Waals surface area contributed by atoms with E-state index in [4.69, 9.17) is 0 Å². The molecule has 1 aliphatic rings. The van der Waals surface area contributed by atoms with Gasteiger partial charge in [-0.05, 0) is 12.1 Å². The summed E-state index contributed by atoms with van der Waals surface area (Å²) >= 11 is 0. The van der Waals surface area contributed by atoms with E-state index in [0.717, 1.165) is 0 Å². The lowest BCUT2D eigenvalue weighted by atomic mass is 10.3. The van der Waals surface area contributed by atoms with Crippen LogP contribution in [0, 0.1) is 0 Å². The Hall–Kier alpha value is -1.95. The van der Waals surface area contributed by atoms with Gasteiger partial charge in [0.1, 0.15) is 0 Å². The van der Waals surface area contributed by atoms with Crippen LogP contribution in [0.15, 0.2) is 46.6 Å². The van der Waals surface area contributed by atoms with Gasteiger partial charge in [0.15, 0.2) is 5.82 Å². The predicted octanol–water partition coefficient (Wildman–Crippen LogP) is 1.37.